The minimum Gasteiger partial charge on any atom is -0.394 e. The summed E-state index contributed by atoms with van der Waals surface area (Å²) in [6.45, 7) is 3.63. The highest BCUT2D eigenvalue weighted by Gasteiger charge is 2.44. The van der Waals surface area contributed by atoms with Gasteiger partial charge in [-0.05, 0) is 70.6 Å². The number of unbranched alkanes of at least 4 members (excludes halogenated alkanes) is 12. The summed E-state index contributed by atoms with van der Waals surface area (Å²) < 4.78 is 11.1. The molecule has 9 nitrogen and oxygen atoms in total. The number of hydrogen-bond acceptors (Lipinski definition) is 8. The minimum absolute atomic E-state index is 0.227. The van der Waals surface area contributed by atoms with E-state index in [2.05, 4.69) is 79.9 Å². The molecule has 1 heterocycles. The van der Waals surface area contributed by atoms with E-state index in [9.17, 15) is 30.3 Å². The molecule has 7 atom stereocenters. The molecule has 0 aliphatic carbocycles. The van der Waals surface area contributed by atoms with E-state index in [1.54, 1.807) is 6.08 Å². The van der Waals surface area contributed by atoms with E-state index >= 15 is 0 Å². The Morgan fingerprint density at radius 2 is 1.13 bits per heavy atom. The number of amides is 1. The number of rotatable bonds is 32. The van der Waals surface area contributed by atoms with Crippen LogP contribution >= 0.6 is 0 Å². The first kappa shape index (κ1) is 48.6. The number of nitrogens with one attached hydrogen (secondary N) is 1. The molecule has 0 spiro atoms. The van der Waals surface area contributed by atoms with Gasteiger partial charge >= 0.3 is 0 Å². The topological polar surface area (TPSA) is 149 Å². The standard InChI is InChI=1S/C44H75NO8/c1-3-5-7-9-11-13-14-15-16-17-18-19-20-21-22-23-24-26-28-30-32-34-40(48)45-37(38(47)33-31-29-27-25-12-10-8-6-4-2)36-52-44-43(51)42(50)41(49)39(35-46)53-44/h12,16-17,19-20,22-23,25-26,28,31,33,37-39,41-44,46-47,49-51H,3-11,13-15,18,21,24,27,29-30,32,34-36H2,1-2H3,(H,45,48)/b17-16+,20-19+,23-22+,25-12+,28-26+,33-31+/t37-,38+,39-,41-,42?,43?,44-/m0/s1. The first-order valence-electron chi connectivity index (χ1n) is 20.7. The maximum Gasteiger partial charge on any atom is 0.220 e. The van der Waals surface area contributed by atoms with E-state index in [4.69, 9.17) is 9.47 Å². The van der Waals surface area contributed by atoms with Crippen LogP contribution in [0.4, 0.5) is 0 Å². The molecule has 1 saturated heterocycles. The van der Waals surface area contributed by atoms with Gasteiger partial charge in [0.2, 0.25) is 5.91 Å². The molecule has 1 aliphatic heterocycles. The van der Waals surface area contributed by atoms with Crippen molar-refractivity contribution in [1.82, 2.24) is 5.32 Å². The quantitative estimate of drug-likeness (QED) is 0.0302. The second-order valence-electron chi connectivity index (χ2n) is 14.1. The third-order valence-electron chi connectivity index (χ3n) is 9.25. The smallest absolute Gasteiger partial charge is 0.220 e. The molecule has 1 aliphatic rings. The van der Waals surface area contributed by atoms with Gasteiger partial charge in [-0.25, -0.2) is 0 Å². The molecule has 0 radical (unpaired) electrons. The van der Waals surface area contributed by atoms with Crippen molar-refractivity contribution in [2.45, 2.75) is 185 Å². The molecule has 53 heavy (non-hydrogen) atoms. The zero-order valence-electron chi connectivity index (χ0n) is 33.0. The second-order valence-corrected chi connectivity index (χ2v) is 14.1. The summed E-state index contributed by atoms with van der Waals surface area (Å²) in [7, 11) is 0. The largest absolute Gasteiger partial charge is 0.394 e. The Morgan fingerprint density at radius 3 is 1.75 bits per heavy atom. The molecule has 9 heteroatoms. The van der Waals surface area contributed by atoms with Gasteiger partial charge in [0.25, 0.3) is 0 Å². The van der Waals surface area contributed by atoms with Crippen LogP contribution in [-0.2, 0) is 14.3 Å². The number of aliphatic hydroxyl groups is 5. The molecule has 6 N–H and O–H groups in total. The van der Waals surface area contributed by atoms with Crippen molar-refractivity contribution in [3.8, 4) is 0 Å². The molecule has 0 saturated carbocycles. The van der Waals surface area contributed by atoms with Crippen LogP contribution in [-0.4, -0.2) is 87.5 Å². The minimum atomic E-state index is -1.58. The van der Waals surface area contributed by atoms with Crippen LogP contribution in [0.3, 0.4) is 0 Å². The average molecular weight is 746 g/mol. The Bertz CT molecular complexity index is 1050. The van der Waals surface area contributed by atoms with Crippen molar-refractivity contribution in [3.05, 3.63) is 72.9 Å². The van der Waals surface area contributed by atoms with E-state index in [0.717, 1.165) is 44.9 Å². The van der Waals surface area contributed by atoms with Crippen LogP contribution in [0.15, 0.2) is 72.9 Å². The van der Waals surface area contributed by atoms with Crippen LogP contribution in [0, 0.1) is 0 Å². The van der Waals surface area contributed by atoms with Crippen molar-refractivity contribution in [3.63, 3.8) is 0 Å². The molecule has 0 aromatic heterocycles. The van der Waals surface area contributed by atoms with Crippen LogP contribution < -0.4 is 5.32 Å². The third kappa shape index (κ3) is 25.4. The molecule has 1 amide bonds. The molecule has 304 valence electrons. The fourth-order valence-electron chi connectivity index (χ4n) is 5.87. The van der Waals surface area contributed by atoms with Gasteiger partial charge in [-0.15, -0.1) is 0 Å². The monoisotopic (exact) mass is 746 g/mol. The van der Waals surface area contributed by atoms with Crippen LogP contribution in [0.1, 0.15) is 142 Å². The third-order valence-corrected chi connectivity index (χ3v) is 9.25. The summed E-state index contributed by atoms with van der Waals surface area (Å²) >= 11 is 0. The fraction of sp³-hybridized carbons (Fsp3) is 0.705. The highest BCUT2D eigenvalue weighted by molar-refractivity contribution is 5.76. The predicted molar refractivity (Wildman–Crippen MR) is 216 cm³/mol. The van der Waals surface area contributed by atoms with Gasteiger partial charge in [0.1, 0.15) is 24.4 Å². The van der Waals surface area contributed by atoms with E-state index in [1.165, 1.54) is 70.6 Å². The lowest BCUT2D eigenvalue weighted by molar-refractivity contribution is -0.302. The predicted octanol–water partition coefficient (Wildman–Crippen LogP) is 7.83. The Morgan fingerprint density at radius 1 is 0.642 bits per heavy atom. The summed E-state index contributed by atoms with van der Waals surface area (Å²) in [6, 6.07) is -0.851. The lowest BCUT2D eigenvalue weighted by atomic mass is 9.99. The number of carbonyl (C=O) groups excluding carboxylic acids is 1. The lowest BCUT2D eigenvalue weighted by Crippen LogP contribution is -2.60. The van der Waals surface area contributed by atoms with Gasteiger partial charge in [0.15, 0.2) is 6.29 Å². The van der Waals surface area contributed by atoms with Crippen LogP contribution in [0.25, 0.3) is 0 Å². The number of ether oxygens (including phenoxy) is 2. The summed E-state index contributed by atoms with van der Waals surface area (Å²) in [5.74, 6) is -0.248. The summed E-state index contributed by atoms with van der Waals surface area (Å²) in [4.78, 5) is 12.8. The Balaban J connectivity index is 2.42. The number of allylic oxidation sites excluding steroid dienone is 11. The maximum absolute atomic E-state index is 12.8. The first-order chi connectivity index (χ1) is 25.8. The van der Waals surface area contributed by atoms with Crippen LogP contribution in [0.5, 0.6) is 0 Å². The van der Waals surface area contributed by atoms with Crippen molar-refractivity contribution < 1.29 is 39.8 Å². The SMILES string of the molecule is CCCCC/C=C/CC/C=C/[C@@H](O)[C@H](CO[C@H]1O[C@@H](CO)[C@H](O)C(O)C1O)NC(=O)CCC/C=C/C/C=C/C/C=C/C/C=C/CCCCCCCCC. The van der Waals surface area contributed by atoms with E-state index < -0.39 is 49.5 Å². The van der Waals surface area contributed by atoms with Gasteiger partial charge in [0, 0.05) is 6.42 Å². The number of aliphatic hydroxyl groups excluding tert-OH is 5. The molecule has 0 bridgehead atoms. The van der Waals surface area contributed by atoms with Crippen molar-refractivity contribution >= 4 is 5.91 Å². The van der Waals surface area contributed by atoms with Gasteiger partial charge in [-0.1, -0.05) is 138 Å². The van der Waals surface area contributed by atoms with Crippen LogP contribution in [0.2, 0.25) is 0 Å². The van der Waals surface area contributed by atoms with Crippen molar-refractivity contribution in [2.24, 2.45) is 0 Å². The Kier molecular flexibility index (Phi) is 31.3. The zero-order chi connectivity index (χ0) is 38.8. The molecule has 0 aromatic carbocycles. The van der Waals surface area contributed by atoms with Gasteiger partial charge in [-0.2, -0.15) is 0 Å². The van der Waals surface area contributed by atoms with Crippen molar-refractivity contribution in [2.75, 3.05) is 13.2 Å². The Hall–Kier alpha value is -2.37. The van der Waals surface area contributed by atoms with Gasteiger partial charge in [0.05, 0.1) is 25.4 Å². The number of hydrogen-bond donors (Lipinski definition) is 6. The number of carbonyl (C=O) groups is 1. The fourth-order valence-corrected chi connectivity index (χ4v) is 5.87. The molecule has 2 unspecified atom stereocenters. The first-order valence-corrected chi connectivity index (χ1v) is 20.7. The normalized spacial score (nSPS) is 22.4. The highest BCUT2D eigenvalue weighted by Crippen LogP contribution is 2.22. The van der Waals surface area contributed by atoms with Crippen molar-refractivity contribution in [1.29, 1.82) is 0 Å². The Labute approximate surface area is 321 Å². The lowest BCUT2D eigenvalue weighted by Gasteiger charge is -2.40. The van der Waals surface area contributed by atoms with Gasteiger partial charge < -0.3 is 40.3 Å². The summed E-state index contributed by atoms with van der Waals surface area (Å²) in [5.41, 5.74) is 0. The molecule has 1 rings (SSSR count). The zero-order valence-corrected chi connectivity index (χ0v) is 33.0. The molecule has 0 aromatic rings. The summed E-state index contributed by atoms with van der Waals surface area (Å²) in [5, 5.41) is 53.8. The summed E-state index contributed by atoms with van der Waals surface area (Å²) in [6.07, 6.45) is 38.2. The second kappa shape index (κ2) is 34.1. The maximum atomic E-state index is 12.8. The van der Waals surface area contributed by atoms with E-state index in [0.29, 0.717) is 6.42 Å². The van der Waals surface area contributed by atoms with E-state index in [1.807, 2.05) is 6.08 Å². The highest BCUT2D eigenvalue weighted by atomic mass is 16.7. The molecular formula is C44H75NO8. The molecular weight excluding hydrogens is 670 g/mol. The van der Waals surface area contributed by atoms with E-state index in [-0.39, 0.29) is 18.9 Å². The molecule has 1 fully saturated rings. The van der Waals surface area contributed by atoms with Gasteiger partial charge in [-0.3, -0.25) is 4.79 Å². The average Bonchev–Trinajstić information content (AvgIpc) is 3.16.